The molecule has 0 unspecified atom stereocenters. The maximum Gasteiger partial charge on any atom is 0.293 e. The summed E-state index contributed by atoms with van der Waals surface area (Å²) in [4.78, 5) is 14.7. The van der Waals surface area contributed by atoms with Crippen molar-refractivity contribution in [2.75, 3.05) is 5.32 Å². The Bertz CT molecular complexity index is 817. The number of hydrogen-bond donors (Lipinski definition) is 1. The summed E-state index contributed by atoms with van der Waals surface area (Å²) in [5, 5.41) is 18.6. The number of fused-ring (bicyclic) bond motifs is 1. The van der Waals surface area contributed by atoms with E-state index in [1.54, 1.807) is 41.2 Å². The summed E-state index contributed by atoms with van der Waals surface area (Å²) >= 11 is 5.79. The molecule has 0 spiro atoms. The molecule has 8 heteroatoms. The normalized spacial score (nSPS) is 10.7. The van der Waals surface area contributed by atoms with Crippen molar-refractivity contribution in [3.8, 4) is 0 Å². The Morgan fingerprint density at radius 1 is 1.29 bits per heavy atom. The summed E-state index contributed by atoms with van der Waals surface area (Å²) in [6.45, 7) is 0.378. The zero-order valence-electron chi connectivity index (χ0n) is 10.7. The molecule has 3 rings (SSSR count). The number of nitro groups is 1. The number of hydrogen-bond acceptors (Lipinski definition) is 5. The van der Waals surface area contributed by atoms with Crippen LogP contribution in [-0.4, -0.2) is 19.5 Å². The van der Waals surface area contributed by atoms with Crippen LogP contribution in [0.25, 0.3) is 5.65 Å². The second-order valence-corrected chi connectivity index (χ2v) is 4.75. The van der Waals surface area contributed by atoms with Gasteiger partial charge in [0.15, 0.2) is 5.65 Å². The molecule has 0 amide bonds. The summed E-state index contributed by atoms with van der Waals surface area (Å²) in [6, 6.07) is 8.10. The summed E-state index contributed by atoms with van der Waals surface area (Å²) in [6.07, 6.45) is 3.32. The summed E-state index contributed by atoms with van der Waals surface area (Å²) in [5.74, 6) is 0. The molecule has 7 nitrogen and oxygen atoms in total. The quantitative estimate of drug-likeness (QED) is 0.591. The topological polar surface area (TPSA) is 85.4 Å². The fourth-order valence-electron chi connectivity index (χ4n) is 2.01. The molecular weight excluding hydrogens is 294 g/mol. The minimum atomic E-state index is -0.468. The zero-order chi connectivity index (χ0) is 14.8. The van der Waals surface area contributed by atoms with E-state index in [2.05, 4.69) is 15.4 Å². The van der Waals surface area contributed by atoms with E-state index in [-0.39, 0.29) is 5.69 Å². The highest BCUT2D eigenvalue weighted by atomic mass is 35.5. The van der Waals surface area contributed by atoms with Crippen LogP contribution in [0.15, 0.2) is 42.7 Å². The van der Waals surface area contributed by atoms with Gasteiger partial charge in [0.25, 0.3) is 5.69 Å². The summed E-state index contributed by atoms with van der Waals surface area (Å²) < 4.78 is 1.68. The molecule has 0 aliphatic heterocycles. The second kappa shape index (κ2) is 5.37. The highest BCUT2D eigenvalue weighted by Gasteiger charge is 2.14. The van der Waals surface area contributed by atoms with Crippen molar-refractivity contribution < 1.29 is 4.92 Å². The summed E-state index contributed by atoms with van der Waals surface area (Å²) in [5.41, 5.74) is 1.91. The first kappa shape index (κ1) is 13.3. The van der Waals surface area contributed by atoms with E-state index < -0.39 is 4.92 Å². The van der Waals surface area contributed by atoms with E-state index in [4.69, 9.17) is 11.6 Å². The van der Waals surface area contributed by atoms with Crippen molar-refractivity contribution in [2.45, 2.75) is 6.54 Å². The van der Waals surface area contributed by atoms with Crippen LogP contribution in [0.4, 0.5) is 11.4 Å². The summed E-state index contributed by atoms with van der Waals surface area (Å²) in [7, 11) is 0. The molecule has 3 aromatic rings. The van der Waals surface area contributed by atoms with Gasteiger partial charge in [-0.05, 0) is 18.2 Å². The van der Waals surface area contributed by atoms with E-state index in [0.29, 0.717) is 17.3 Å². The van der Waals surface area contributed by atoms with Gasteiger partial charge < -0.3 is 5.32 Å². The first-order valence-corrected chi connectivity index (χ1v) is 6.48. The minimum Gasteiger partial charge on any atom is -0.374 e. The van der Waals surface area contributed by atoms with Gasteiger partial charge in [0.1, 0.15) is 5.69 Å². The fraction of sp³-hybridized carbons (Fsp3) is 0.0769. The third-order valence-corrected chi connectivity index (χ3v) is 3.22. The third-order valence-electron chi connectivity index (χ3n) is 2.98. The molecule has 2 aromatic heterocycles. The molecule has 1 N–H and O–H groups in total. The van der Waals surface area contributed by atoms with Gasteiger partial charge in [0.05, 0.1) is 23.4 Å². The van der Waals surface area contributed by atoms with Crippen molar-refractivity contribution >= 4 is 28.6 Å². The molecule has 0 atom stereocenters. The maximum atomic E-state index is 11.0. The molecule has 0 radical (unpaired) electrons. The lowest BCUT2D eigenvalue weighted by Crippen LogP contribution is -2.07. The Balaban J connectivity index is 1.88. The molecule has 0 aliphatic rings. The van der Waals surface area contributed by atoms with E-state index >= 15 is 0 Å². The number of benzene rings is 1. The molecule has 2 heterocycles. The number of nitrogens with one attached hydrogen (secondary N) is 1. The number of halogens is 1. The van der Waals surface area contributed by atoms with Gasteiger partial charge in [-0.2, -0.15) is 5.10 Å². The van der Waals surface area contributed by atoms with Crippen molar-refractivity contribution in [1.29, 1.82) is 0 Å². The molecule has 21 heavy (non-hydrogen) atoms. The van der Waals surface area contributed by atoms with Crippen LogP contribution in [-0.2, 0) is 6.54 Å². The smallest absolute Gasteiger partial charge is 0.293 e. The molecule has 0 saturated heterocycles. The van der Waals surface area contributed by atoms with Crippen LogP contribution in [0.5, 0.6) is 0 Å². The Labute approximate surface area is 124 Å². The van der Waals surface area contributed by atoms with Crippen LogP contribution in [0, 0.1) is 10.1 Å². The predicted molar refractivity (Wildman–Crippen MR) is 78.4 cm³/mol. The Hall–Kier alpha value is -2.67. The monoisotopic (exact) mass is 303 g/mol. The van der Waals surface area contributed by atoms with Gasteiger partial charge in [-0.3, -0.25) is 10.1 Å². The van der Waals surface area contributed by atoms with E-state index in [9.17, 15) is 10.1 Å². The molecule has 1 aromatic carbocycles. The van der Waals surface area contributed by atoms with Crippen LogP contribution in [0.1, 0.15) is 5.69 Å². The van der Waals surface area contributed by atoms with Crippen molar-refractivity contribution in [1.82, 2.24) is 14.6 Å². The predicted octanol–water partition coefficient (Wildman–Crippen LogP) is 2.90. The number of anilines is 1. The lowest BCUT2D eigenvalue weighted by Gasteiger charge is -2.08. The van der Waals surface area contributed by atoms with Gasteiger partial charge >= 0.3 is 0 Å². The molecule has 0 fully saturated rings. The molecular formula is C13H10ClN5O2. The standard InChI is InChI=1S/C13H10ClN5O2/c14-9-1-2-11(12(7-9)19(20)21)16-8-10-3-5-15-13-4-6-17-18(10)13/h1-7,16H,8H2. The SMILES string of the molecule is O=[N+]([O-])c1cc(Cl)ccc1NCc1ccnc2ccnn12. The Kier molecular flexibility index (Phi) is 3.41. The van der Waals surface area contributed by atoms with E-state index in [1.165, 1.54) is 6.07 Å². The number of rotatable bonds is 4. The van der Waals surface area contributed by atoms with Gasteiger partial charge in [-0.1, -0.05) is 11.6 Å². The van der Waals surface area contributed by atoms with Gasteiger partial charge in [-0.25, -0.2) is 9.50 Å². The third kappa shape index (κ3) is 2.63. The Morgan fingerprint density at radius 3 is 2.95 bits per heavy atom. The van der Waals surface area contributed by atoms with Crippen molar-refractivity contribution in [3.63, 3.8) is 0 Å². The molecule has 0 bridgehead atoms. The van der Waals surface area contributed by atoms with E-state index in [1.807, 2.05) is 0 Å². The van der Waals surface area contributed by atoms with Crippen LogP contribution < -0.4 is 5.32 Å². The largest absolute Gasteiger partial charge is 0.374 e. The maximum absolute atomic E-state index is 11.0. The highest BCUT2D eigenvalue weighted by Crippen LogP contribution is 2.28. The molecule has 0 saturated carbocycles. The van der Waals surface area contributed by atoms with Crippen LogP contribution in [0.3, 0.4) is 0 Å². The zero-order valence-corrected chi connectivity index (χ0v) is 11.5. The minimum absolute atomic E-state index is 0.0618. The van der Waals surface area contributed by atoms with Gasteiger partial charge in [-0.15, -0.1) is 0 Å². The average Bonchev–Trinajstić information content (AvgIpc) is 2.94. The first-order valence-electron chi connectivity index (χ1n) is 6.10. The number of nitro benzene ring substituents is 1. The number of nitrogens with zero attached hydrogens (tertiary/aromatic N) is 4. The molecule has 0 aliphatic carbocycles. The van der Waals surface area contributed by atoms with Crippen molar-refractivity contribution in [2.24, 2.45) is 0 Å². The lowest BCUT2D eigenvalue weighted by molar-refractivity contribution is -0.383. The van der Waals surface area contributed by atoms with Gasteiger partial charge in [0, 0.05) is 23.4 Å². The fourth-order valence-corrected chi connectivity index (χ4v) is 2.18. The highest BCUT2D eigenvalue weighted by molar-refractivity contribution is 6.30. The average molecular weight is 304 g/mol. The van der Waals surface area contributed by atoms with Crippen LogP contribution in [0.2, 0.25) is 5.02 Å². The van der Waals surface area contributed by atoms with Crippen molar-refractivity contribution in [3.05, 3.63) is 63.6 Å². The molecule has 106 valence electrons. The van der Waals surface area contributed by atoms with Gasteiger partial charge in [0.2, 0.25) is 0 Å². The van der Waals surface area contributed by atoms with Crippen LogP contribution >= 0.6 is 11.6 Å². The number of aromatic nitrogens is 3. The lowest BCUT2D eigenvalue weighted by atomic mass is 10.2. The van der Waals surface area contributed by atoms with E-state index in [0.717, 1.165) is 11.3 Å². The Morgan fingerprint density at radius 2 is 2.14 bits per heavy atom. The second-order valence-electron chi connectivity index (χ2n) is 4.31. The first-order chi connectivity index (χ1) is 10.1.